The number of aromatic carboxylic acids is 1. The number of rotatable bonds is 5. The minimum Gasteiger partial charge on any atom is -0.478 e. The van der Waals surface area contributed by atoms with E-state index >= 15 is 0 Å². The van der Waals surface area contributed by atoms with Gasteiger partial charge in [-0.2, -0.15) is 0 Å². The van der Waals surface area contributed by atoms with Crippen LogP contribution in [0.4, 0.5) is 5.69 Å². The molecule has 0 fully saturated rings. The number of halogens is 2. The smallest absolute Gasteiger partial charge is 0.337 e. The number of carboxylic acids is 1. The van der Waals surface area contributed by atoms with Gasteiger partial charge < -0.3 is 10.4 Å². The van der Waals surface area contributed by atoms with Crippen LogP contribution < -0.4 is 5.32 Å². The highest BCUT2D eigenvalue weighted by atomic mass is 35.5. The van der Waals surface area contributed by atoms with E-state index in [1.807, 2.05) is 0 Å². The monoisotopic (exact) mass is 445 g/mol. The van der Waals surface area contributed by atoms with Gasteiger partial charge in [0.2, 0.25) is 0 Å². The second-order valence-electron chi connectivity index (χ2n) is 5.89. The standard InChI is InChI=1S/C21H13Cl2NO4.2CH4/c22-15-5-6-16(18(23)10-15)20(26)24-19-7-4-14(9-17(19)21(27)28)13-3-1-2-12(8-13)11-25;;/h1-11H,(H,24,26)(H,27,28);2*1H4. The zero-order valence-electron chi connectivity index (χ0n) is 14.3. The van der Waals surface area contributed by atoms with E-state index in [1.54, 1.807) is 30.3 Å². The SMILES string of the molecule is C.C.O=Cc1cccc(-c2ccc(NC(=O)c3ccc(Cl)cc3Cl)c(C(=O)O)c2)c1. The molecule has 0 heterocycles. The number of aldehydes is 1. The van der Waals surface area contributed by atoms with Crippen molar-refractivity contribution in [2.45, 2.75) is 14.9 Å². The first-order valence-corrected chi connectivity index (χ1v) is 8.84. The molecule has 0 spiro atoms. The molecular formula is C23H21Cl2NO4. The molecule has 156 valence electrons. The number of hydrogen-bond acceptors (Lipinski definition) is 3. The highest BCUT2D eigenvalue weighted by Crippen LogP contribution is 2.27. The van der Waals surface area contributed by atoms with Gasteiger partial charge in [-0.3, -0.25) is 9.59 Å². The fourth-order valence-corrected chi connectivity index (χ4v) is 3.16. The molecule has 5 nitrogen and oxygen atoms in total. The molecule has 0 saturated carbocycles. The zero-order chi connectivity index (χ0) is 20.3. The summed E-state index contributed by atoms with van der Waals surface area (Å²) < 4.78 is 0. The summed E-state index contributed by atoms with van der Waals surface area (Å²) >= 11 is 11.9. The fraction of sp³-hybridized carbons (Fsp3) is 0.0870. The molecule has 0 unspecified atom stereocenters. The molecule has 1 amide bonds. The van der Waals surface area contributed by atoms with Crippen LogP contribution in [0.15, 0.2) is 60.7 Å². The molecule has 2 N–H and O–H groups in total. The van der Waals surface area contributed by atoms with E-state index in [1.165, 1.54) is 30.3 Å². The summed E-state index contributed by atoms with van der Waals surface area (Å²) in [6, 6.07) is 15.8. The first-order valence-electron chi connectivity index (χ1n) is 8.08. The van der Waals surface area contributed by atoms with Gasteiger partial charge in [0.25, 0.3) is 5.91 Å². The van der Waals surface area contributed by atoms with E-state index in [2.05, 4.69) is 5.32 Å². The predicted octanol–water partition coefficient (Wildman–Crippen LogP) is 6.70. The first kappa shape index (κ1) is 24.9. The summed E-state index contributed by atoms with van der Waals surface area (Å²) in [6.07, 6.45) is 0.714. The van der Waals surface area contributed by atoms with Gasteiger partial charge in [0.15, 0.2) is 0 Å². The van der Waals surface area contributed by atoms with Crippen molar-refractivity contribution in [2.24, 2.45) is 0 Å². The predicted molar refractivity (Wildman–Crippen MR) is 122 cm³/mol. The summed E-state index contributed by atoms with van der Waals surface area (Å²) in [5.74, 6) is -1.76. The van der Waals surface area contributed by atoms with Crippen molar-refractivity contribution in [1.82, 2.24) is 0 Å². The lowest BCUT2D eigenvalue weighted by Gasteiger charge is -2.12. The van der Waals surface area contributed by atoms with Gasteiger partial charge in [0.05, 0.1) is 21.8 Å². The summed E-state index contributed by atoms with van der Waals surface area (Å²) in [5, 5.41) is 12.7. The van der Waals surface area contributed by atoms with Crippen LogP contribution in [-0.4, -0.2) is 23.3 Å². The molecule has 3 aromatic carbocycles. The van der Waals surface area contributed by atoms with Crippen molar-refractivity contribution < 1.29 is 19.5 Å². The third-order valence-corrected chi connectivity index (χ3v) is 4.58. The van der Waals surface area contributed by atoms with Crippen molar-refractivity contribution in [1.29, 1.82) is 0 Å². The number of amides is 1. The highest BCUT2D eigenvalue weighted by Gasteiger charge is 2.17. The van der Waals surface area contributed by atoms with Crippen LogP contribution in [0.3, 0.4) is 0 Å². The number of carboxylic acid groups (broad SMARTS) is 1. The van der Waals surface area contributed by atoms with Crippen molar-refractivity contribution in [3.63, 3.8) is 0 Å². The van der Waals surface area contributed by atoms with Crippen LogP contribution in [0.25, 0.3) is 11.1 Å². The molecule has 3 rings (SSSR count). The van der Waals surface area contributed by atoms with Crippen LogP contribution in [0, 0.1) is 0 Å². The van der Waals surface area contributed by atoms with Crippen LogP contribution in [0.1, 0.15) is 45.9 Å². The normalized spacial score (nSPS) is 9.67. The highest BCUT2D eigenvalue weighted by molar-refractivity contribution is 6.37. The number of hydrogen-bond donors (Lipinski definition) is 2. The minimum atomic E-state index is -1.20. The number of benzene rings is 3. The van der Waals surface area contributed by atoms with Gasteiger partial charge in [-0.15, -0.1) is 0 Å². The van der Waals surface area contributed by atoms with Gasteiger partial charge in [-0.25, -0.2) is 4.79 Å². The molecule has 0 saturated heterocycles. The molecular weight excluding hydrogens is 425 g/mol. The largest absolute Gasteiger partial charge is 0.478 e. The molecule has 0 aliphatic heterocycles. The van der Waals surface area contributed by atoms with E-state index in [0.29, 0.717) is 28.0 Å². The lowest BCUT2D eigenvalue weighted by atomic mass is 10.00. The number of nitrogens with one attached hydrogen (secondary N) is 1. The maximum absolute atomic E-state index is 12.5. The molecule has 0 atom stereocenters. The zero-order valence-corrected chi connectivity index (χ0v) is 15.8. The average Bonchev–Trinajstić information content (AvgIpc) is 2.68. The number of carbonyl (C=O) groups is 3. The van der Waals surface area contributed by atoms with Crippen LogP contribution in [-0.2, 0) is 0 Å². The van der Waals surface area contributed by atoms with Crippen LogP contribution in [0.2, 0.25) is 10.0 Å². The van der Waals surface area contributed by atoms with Crippen molar-refractivity contribution in [2.75, 3.05) is 5.32 Å². The first-order chi connectivity index (χ1) is 13.4. The quantitative estimate of drug-likeness (QED) is 0.428. The van der Waals surface area contributed by atoms with Gasteiger partial charge in [-0.05, 0) is 47.5 Å². The Hall–Kier alpha value is -3.15. The van der Waals surface area contributed by atoms with E-state index in [9.17, 15) is 19.5 Å². The molecule has 3 aromatic rings. The van der Waals surface area contributed by atoms with E-state index in [-0.39, 0.29) is 36.7 Å². The molecule has 0 aliphatic carbocycles. The average molecular weight is 446 g/mol. The fourth-order valence-electron chi connectivity index (χ4n) is 2.66. The lowest BCUT2D eigenvalue weighted by Crippen LogP contribution is -2.15. The van der Waals surface area contributed by atoms with Gasteiger partial charge in [0.1, 0.15) is 6.29 Å². The van der Waals surface area contributed by atoms with Crippen LogP contribution >= 0.6 is 23.2 Å². The Kier molecular flexibility index (Phi) is 8.77. The van der Waals surface area contributed by atoms with Gasteiger partial charge >= 0.3 is 5.97 Å². The maximum Gasteiger partial charge on any atom is 0.337 e. The minimum absolute atomic E-state index is 0. The Morgan fingerprint density at radius 2 is 1.57 bits per heavy atom. The Morgan fingerprint density at radius 1 is 0.867 bits per heavy atom. The van der Waals surface area contributed by atoms with Crippen molar-refractivity contribution in [3.8, 4) is 11.1 Å². The van der Waals surface area contributed by atoms with Crippen molar-refractivity contribution in [3.05, 3.63) is 87.4 Å². The molecule has 30 heavy (non-hydrogen) atoms. The Morgan fingerprint density at radius 3 is 2.20 bits per heavy atom. The van der Waals surface area contributed by atoms with Gasteiger partial charge in [-0.1, -0.05) is 62.3 Å². The Bertz CT molecular complexity index is 1100. The van der Waals surface area contributed by atoms with Crippen molar-refractivity contribution >= 4 is 47.1 Å². The van der Waals surface area contributed by atoms with E-state index in [0.717, 1.165) is 0 Å². The third kappa shape index (κ3) is 5.47. The number of anilines is 1. The van der Waals surface area contributed by atoms with E-state index < -0.39 is 11.9 Å². The number of carbonyl (C=O) groups excluding carboxylic acids is 2. The Labute approximate surface area is 185 Å². The third-order valence-electron chi connectivity index (χ3n) is 4.03. The topological polar surface area (TPSA) is 83.5 Å². The maximum atomic E-state index is 12.5. The molecule has 0 aromatic heterocycles. The summed E-state index contributed by atoms with van der Waals surface area (Å²) in [4.78, 5) is 35.2. The second-order valence-corrected chi connectivity index (χ2v) is 6.73. The van der Waals surface area contributed by atoms with E-state index in [4.69, 9.17) is 23.2 Å². The molecule has 7 heteroatoms. The molecule has 0 bridgehead atoms. The lowest BCUT2D eigenvalue weighted by molar-refractivity contribution is 0.0698. The molecule has 0 aliphatic rings. The van der Waals surface area contributed by atoms with Gasteiger partial charge in [0, 0.05) is 10.6 Å². The Balaban J connectivity index is 0.00000225. The molecule has 0 radical (unpaired) electrons. The summed E-state index contributed by atoms with van der Waals surface area (Å²) in [5.41, 5.74) is 1.97. The van der Waals surface area contributed by atoms with Crippen LogP contribution in [0.5, 0.6) is 0 Å². The summed E-state index contributed by atoms with van der Waals surface area (Å²) in [7, 11) is 0. The second kappa shape index (κ2) is 10.6. The summed E-state index contributed by atoms with van der Waals surface area (Å²) in [6.45, 7) is 0.